The highest BCUT2D eigenvalue weighted by molar-refractivity contribution is 5.29. The highest BCUT2D eigenvalue weighted by Gasteiger charge is 2.16. The van der Waals surface area contributed by atoms with Gasteiger partial charge in [0.15, 0.2) is 0 Å². The van der Waals surface area contributed by atoms with Gasteiger partial charge in [0.05, 0.1) is 0 Å². The van der Waals surface area contributed by atoms with E-state index in [0.717, 1.165) is 12.0 Å². The highest BCUT2D eigenvalue weighted by Crippen LogP contribution is 2.20. The molecular weight excluding hydrogens is 214 g/mol. The van der Waals surface area contributed by atoms with Gasteiger partial charge in [0, 0.05) is 18.7 Å². The molecule has 0 aliphatic rings. The first-order valence-corrected chi connectivity index (χ1v) is 6.20. The van der Waals surface area contributed by atoms with E-state index in [9.17, 15) is 5.11 Å². The Hall–Kier alpha value is -1.06. The van der Waals surface area contributed by atoms with E-state index in [4.69, 9.17) is 5.11 Å². The highest BCUT2D eigenvalue weighted by atomic mass is 16.3. The average molecular weight is 237 g/mol. The maximum absolute atomic E-state index is 9.44. The molecule has 1 rings (SSSR count). The number of benzene rings is 1. The molecular formula is C14H23NO2. The van der Waals surface area contributed by atoms with Crippen molar-refractivity contribution < 1.29 is 10.2 Å². The Bertz CT molecular complexity index is 339. The molecule has 2 unspecified atom stereocenters. The molecule has 0 saturated heterocycles. The molecule has 0 spiro atoms. The van der Waals surface area contributed by atoms with Crippen LogP contribution in [0.25, 0.3) is 0 Å². The molecule has 0 bridgehead atoms. The third-order valence-corrected chi connectivity index (χ3v) is 3.08. The van der Waals surface area contributed by atoms with Crippen LogP contribution in [0.2, 0.25) is 0 Å². The van der Waals surface area contributed by atoms with E-state index in [2.05, 4.69) is 26.1 Å². The summed E-state index contributed by atoms with van der Waals surface area (Å²) in [5.74, 6) is 0.765. The van der Waals surface area contributed by atoms with Crippen molar-refractivity contribution in [3.63, 3.8) is 0 Å². The zero-order valence-corrected chi connectivity index (χ0v) is 10.9. The van der Waals surface area contributed by atoms with Crippen molar-refractivity contribution in [3.05, 3.63) is 29.8 Å². The number of aliphatic hydroxyl groups excluding tert-OH is 1. The number of rotatable bonds is 6. The topological polar surface area (TPSA) is 52.5 Å². The van der Waals surface area contributed by atoms with E-state index in [1.807, 2.05) is 12.1 Å². The number of hydrogen-bond acceptors (Lipinski definition) is 3. The maximum Gasteiger partial charge on any atom is 0.115 e. The fraction of sp³-hybridized carbons (Fsp3) is 0.571. The van der Waals surface area contributed by atoms with Crippen LogP contribution < -0.4 is 5.32 Å². The van der Waals surface area contributed by atoms with Crippen molar-refractivity contribution >= 4 is 0 Å². The fourth-order valence-corrected chi connectivity index (χ4v) is 1.96. The van der Waals surface area contributed by atoms with Crippen molar-refractivity contribution in [2.45, 2.75) is 39.3 Å². The standard InChI is InChI=1S/C14H23NO2/c1-10(2)14(7-8-16)15-11(3)12-5-4-6-13(17)9-12/h4-6,9-11,14-17H,7-8H2,1-3H3. The van der Waals surface area contributed by atoms with E-state index >= 15 is 0 Å². The Balaban J connectivity index is 2.66. The van der Waals surface area contributed by atoms with Gasteiger partial charge in [-0.05, 0) is 37.0 Å². The molecule has 1 aromatic carbocycles. The number of aromatic hydroxyl groups is 1. The van der Waals surface area contributed by atoms with Crippen LogP contribution >= 0.6 is 0 Å². The molecule has 17 heavy (non-hydrogen) atoms. The summed E-state index contributed by atoms with van der Waals surface area (Å²) in [6.45, 7) is 6.55. The zero-order chi connectivity index (χ0) is 12.8. The molecule has 3 N–H and O–H groups in total. The molecule has 0 heterocycles. The van der Waals surface area contributed by atoms with Crippen LogP contribution in [0.4, 0.5) is 0 Å². The Morgan fingerprint density at radius 3 is 2.47 bits per heavy atom. The molecule has 96 valence electrons. The van der Waals surface area contributed by atoms with Gasteiger partial charge in [0.2, 0.25) is 0 Å². The first-order valence-electron chi connectivity index (χ1n) is 6.20. The van der Waals surface area contributed by atoms with Crippen molar-refractivity contribution in [2.24, 2.45) is 5.92 Å². The largest absolute Gasteiger partial charge is 0.508 e. The van der Waals surface area contributed by atoms with Gasteiger partial charge in [0.1, 0.15) is 5.75 Å². The van der Waals surface area contributed by atoms with E-state index in [1.165, 1.54) is 0 Å². The normalized spacial score (nSPS) is 14.9. The molecule has 3 heteroatoms. The van der Waals surface area contributed by atoms with Gasteiger partial charge in [-0.2, -0.15) is 0 Å². The van der Waals surface area contributed by atoms with Crippen LogP contribution in [0.3, 0.4) is 0 Å². The molecule has 1 aromatic rings. The van der Waals surface area contributed by atoms with Crippen LogP contribution in [-0.4, -0.2) is 22.9 Å². The van der Waals surface area contributed by atoms with Crippen molar-refractivity contribution in [2.75, 3.05) is 6.61 Å². The molecule has 0 radical (unpaired) electrons. The van der Waals surface area contributed by atoms with E-state index in [0.29, 0.717) is 11.7 Å². The summed E-state index contributed by atoms with van der Waals surface area (Å²) in [7, 11) is 0. The third-order valence-electron chi connectivity index (χ3n) is 3.08. The van der Waals surface area contributed by atoms with Crippen LogP contribution in [-0.2, 0) is 0 Å². The molecule has 0 amide bonds. The summed E-state index contributed by atoms with van der Waals surface area (Å²) in [5, 5.41) is 22.0. The minimum absolute atomic E-state index is 0.168. The second-order valence-corrected chi connectivity index (χ2v) is 4.85. The van der Waals surface area contributed by atoms with Gasteiger partial charge in [-0.1, -0.05) is 26.0 Å². The van der Waals surface area contributed by atoms with Gasteiger partial charge in [-0.3, -0.25) is 0 Å². The lowest BCUT2D eigenvalue weighted by Gasteiger charge is -2.26. The molecule has 0 saturated carbocycles. The van der Waals surface area contributed by atoms with Crippen molar-refractivity contribution in [3.8, 4) is 5.75 Å². The second kappa shape index (κ2) is 6.62. The monoisotopic (exact) mass is 237 g/mol. The first-order chi connectivity index (χ1) is 8.04. The summed E-state index contributed by atoms with van der Waals surface area (Å²) in [6, 6.07) is 7.74. The Labute approximate surface area is 103 Å². The van der Waals surface area contributed by atoms with Crippen LogP contribution in [0, 0.1) is 5.92 Å². The zero-order valence-electron chi connectivity index (χ0n) is 10.9. The minimum Gasteiger partial charge on any atom is -0.508 e. The maximum atomic E-state index is 9.44. The average Bonchev–Trinajstić information content (AvgIpc) is 2.28. The number of nitrogens with one attached hydrogen (secondary N) is 1. The number of phenols is 1. The van der Waals surface area contributed by atoms with E-state index < -0.39 is 0 Å². The lowest BCUT2D eigenvalue weighted by Crippen LogP contribution is -2.36. The smallest absolute Gasteiger partial charge is 0.115 e. The van der Waals surface area contributed by atoms with Crippen molar-refractivity contribution in [1.29, 1.82) is 0 Å². The minimum atomic E-state index is 0.168. The quantitative estimate of drug-likeness (QED) is 0.712. The van der Waals surface area contributed by atoms with Crippen LogP contribution in [0.15, 0.2) is 24.3 Å². The molecule has 0 aliphatic carbocycles. The summed E-state index contributed by atoms with van der Waals surface area (Å²) in [6.07, 6.45) is 0.751. The molecule has 0 aromatic heterocycles. The Morgan fingerprint density at radius 1 is 1.24 bits per heavy atom. The van der Waals surface area contributed by atoms with Gasteiger partial charge < -0.3 is 15.5 Å². The van der Waals surface area contributed by atoms with E-state index in [1.54, 1.807) is 12.1 Å². The Kier molecular flexibility index (Phi) is 5.45. The van der Waals surface area contributed by atoms with Gasteiger partial charge in [0.25, 0.3) is 0 Å². The predicted molar refractivity (Wildman–Crippen MR) is 70.0 cm³/mol. The second-order valence-electron chi connectivity index (χ2n) is 4.85. The molecule has 3 nitrogen and oxygen atoms in total. The van der Waals surface area contributed by atoms with Gasteiger partial charge >= 0.3 is 0 Å². The van der Waals surface area contributed by atoms with Gasteiger partial charge in [-0.25, -0.2) is 0 Å². The van der Waals surface area contributed by atoms with Crippen LogP contribution in [0.1, 0.15) is 38.8 Å². The van der Waals surface area contributed by atoms with Crippen molar-refractivity contribution in [1.82, 2.24) is 5.32 Å². The lowest BCUT2D eigenvalue weighted by molar-refractivity contribution is 0.237. The predicted octanol–water partition coefficient (Wildman–Crippen LogP) is 2.45. The summed E-state index contributed by atoms with van der Waals surface area (Å²) in [5.41, 5.74) is 1.06. The first kappa shape index (κ1) is 14.0. The number of aliphatic hydroxyl groups is 1. The summed E-state index contributed by atoms with van der Waals surface area (Å²) in [4.78, 5) is 0. The Morgan fingerprint density at radius 2 is 1.94 bits per heavy atom. The summed E-state index contributed by atoms with van der Waals surface area (Å²) >= 11 is 0. The summed E-state index contributed by atoms with van der Waals surface area (Å²) < 4.78 is 0. The number of hydrogen-bond donors (Lipinski definition) is 3. The molecule has 0 aliphatic heterocycles. The van der Waals surface area contributed by atoms with Gasteiger partial charge in [-0.15, -0.1) is 0 Å². The SMILES string of the molecule is CC(NC(CCO)C(C)C)c1cccc(O)c1. The van der Waals surface area contributed by atoms with E-state index in [-0.39, 0.29) is 18.7 Å². The number of phenolic OH excluding ortho intramolecular Hbond substituents is 1. The molecule has 2 atom stereocenters. The molecule has 0 fully saturated rings. The lowest BCUT2D eigenvalue weighted by atomic mass is 9.98. The fourth-order valence-electron chi connectivity index (χ4n) is 1.96. The third kappa shape index (κ3) is 4.36. The van der Waals surface area contributed by atoms with Crippen LogP contribution in [0.5, 0.6) is 5.75 Å².